The van der Waals surface area contributed by atoms with Gasteiger partial charge in [-0.05, 0) is 56.2 Å². The van der Waals surface area contributed by atoms with Crippen molar-refractivity contribution in [1.82, 2.24) is 5.32 Å². The van der Waals surface area contributed by atoms with Gasteiger partial charge in [0.15, 0.2) is 5.11 Å². The first-order valence-corrected chi connectivity index (χ1v) is 9.88. The van der Waals surface area contributed by atoms with E-state index < -0.39 is 0 Å². The van der Waals surface area contributed by atoms with Crippen LogP contribution in [0.5, 0.6) is 5.75 Å². The van der Waals surface area contributed by atoms with Crippen LogP contribution in [0.1, 0.15) is 36.6 Å². The third-order valence-electron chi connectivity index (χ3n) is 4.25. The fourth-order valence-electron chi connectivity index (χ4n) is 3.07. The molecule has 0 aliphatic heterocycles. The molecule has 0 heterocycles. The van der Waals surface area contributed by atoms with E-state index in [1.54, 1.807) is 0 Å². The maximum absolute atomic E-state index is 5.77. The van der Waals surface area contributed by atoms with E-state index in [0.29, 0.717) is 5.11 Å². The van der Waals surface area contributed by atoms with Gasteiger partial charge in [0.25, 0.3) is 0 Å². The molecule has 0 saturated carbocycles. The van der Waals surface area contributed by atoms with E-state index in [4.69, 9.17) is 17.0 Å². The van der Waals surface area contributed by atoms with Crippen molar-refractivity contribution < 1.29 is 4.74 Å². The molecule has 3 nitrogen and oxygen atoms in total. The van der Waals surface area contributed by atoms with Crippen molar-refractivity contribution in [1.29, 1.82) is 0 Å². The van der Waals surface area contributed by atoms with Gasteiger partial charge in [-0.25, -0.2) is 0 Å². The summed E-state index contributed by atoms with van der Waals surface area (Å²) in [6.45, 7) is 6.12. The third kappa shape index (κ3) is 5.57. The smallest absolute Gasteiger partial charge is 0.171 e. The number of anilines is 1. The Labute approximate surface area is 172 Å². The number of aryl methyl sites for hydroxylation is 1. The van der Waals surface area contributed by atoms with Gasteiger partial charge in [-0.2, -0.15) is 0 Å². The van der Waals surface area contributed by atoms with E-state index in [0.717, 1.165) is 17.0 Å². The maximum Gasteiger partial charge on any atom is 0.171 e. The first-order valence-electron chi connectivity index (χ1n) is 9.47. The van der Waals surface area contributed by atoms with Gasteiger partial charge < -0.3 is 15.4 Å². The van der Waals surface area contributed by atoms with Crippen LogP contribution in [0.4, 0.5) is 5.69 Å². The summed E-state index contributed by atoms with van der Waals surface area (Å²) >= 11 is 5.61. The van der Waals surface area contributed by atoms with Crippen LogP contribution in [0.25, 0.3) is 0 Å². The van der Waals surface area contributed by atoms with Gasteiger partial charge >= 0.3 is 0 Å². The fraction of sp³-hybridized carbons (Fsp3) is 0.208. The van der Waals surface area contributed by atoms with Gasteiger partial charge in [-0.1, -0.05) is 66.2 Å². The monoisotopic (exact) mass is 390 g/mol. The van der Waals surface area contributed by atoms with Crippen LogP contribution in [0.2, 0.25) is 0 Å². The predicted molar refractivity (Wildman–Crippen MR) is 121 cm³/mol. The second kappa shape index (κ2) is 9.38. The number of nitrogens with one attached hydrogen (secondary N) is 2. The van der Waals surface area contributed by atoms with Crippen LogP contribution < -0.4 is 15.4 Å². The Hall–Kier alpha value is -2.85. The zero-order valence-corrected chi connectivity index (χ0v) is 17.3. The molecule has 0 aliphatic carbocycles. The normalized spacial score (nSPS) is 11.7. The molecule has 4 heteroatoms. The summed E-state index contributed by atoms with van der Waals surface area (Å²) < 4.78 is 5.77. The molecule has 0 spiro atoms. The lowest BCUT2D eigenvalue weighted by atomic mass is 9.97. The molecule has 0 aliphatic rings. The first-order chi connectivity index (χ1) is 13.5. The molecular weight excluding hydrogens is 364 g/mol. The van der Waals surface area contributed by atoms with Gasteiger partial charge in [-0.15, -0.1) is 0 Å². The Morgan fingerprint density at radius 3 is 2.29 bits per heavy atom. The second-order valence-electron chi connectivity index (χ2n) is 7.05. The van der Waals surface area contributed by atoms with Crippen molar-refractivity contribution in [2.45, 2.75) is 32.9 Å². The van der Waals surface area contributed by atoms with E-state index in [9.17, 15) is 0 Å². The number of ether oxygens (including phenoxy) is 1. The summed E-state index contributed by atoms with van der Waals surface area (Å²) in [5.74, 6) is 0.820. The standard InChI is InChI=1S/C24H26N2OS/c1-17(2)27-22-14-8-13-21(16-22)25-24(28)26-23(19-10-5-4-6-11-19)20-12-7-9-18(3)15-20/h4-17,23H,1-3H3,(H2,25,26,28). The first kappa shape index (κ1) is 19.9. The largest absolute Gasteiger partial charge is 0.491 e. The summed E-state index contributed by atoms with van der Waals surface area (Å²) in [6, 6.07) is 26.6. The molecule has 2 N–H and O–H groups in total. The summed E-state index contributed by atoms with van der Waals surface area (Å²) in [7, 11) is 0. The topological polar surface area (TPSA) is 33.3 Å². The summed E-state index contributed by atoms with van der Waals surface area (Å²) in [4.78, 5) is 0. The number of benzene rings is 3. The highest BCUT2D eigenvalue weighted by molar-refractivity contribution is 7.80. The number of hydrogen-bond acceptors (Lipinski definition) is 2. The Bertz CT molecular complexity index is 925. The Morgan fingerprint density at radius 2 is 1.57 bits per heavy atom. The average molecular weight is 391 g/mol. The van der Waals surface area contributed by atoms with Crippen molar-refractivity contribution >= 4 is 23.0 Å². The number of rotatable bonds is 6. The van der Waals surface area contributed by atoms with Crippen molar-refractivity contribution in [3.05, 3.63) is 95.6 Å². The number of thiocarbonyl (C=S) groups is 1. The third-order valence-corrected chi connectivity index (χ3v) is 4.47. The fourth-order valence-corrected chi connectivity index (χ4v) is 3.31. The molecular formula is C24H26N2OS. The van der Waals surface area contributed by atoms with Crippen molar-refractivity contribution in [2.24, 2.45) is 0 Å². The summed E-state index contributed by atoms with van der Waals surface area (Å²) in [5, 5.41) is 7.31. The zero-order chi connectivity index (χ0) is 19.9. The molecule has 1 unspecified atom stereocenters. The molecule has 3 aromatic rings. The SMILES string of the molecule is Cc1cccc(C(NC(=S)Nc2cccc(OC(C)C)c2)c2ccccc2)c1. The van der Waals surface area contributed by atoms with Gasteiger partial charge in [0.2, 0.25) is 0 Å². The van der Waals surface area contributed by atoms with Gasteiger partial charge in [-0.3, -0.25) is 0 Å². The van der Waals surface area contributed by atoms with Gasteiger partial charge in [0.1, 0.15) is 5.75 Å². The van der Waals surface area contributed by atoms with Crippen LogP contribution in [-0.2, 0) is 0 Å². The number of hydrogen-bond donors (Lipinski definition) is 2. The molecule has 0 saturated heterocycles. The lowest BCUT2D eigenvalue weighted by Crippen LogP contribution is -2.33. The van der Waals surface area contributed by atoms with E-state index in [1.807, 2.05) is 56.3 Å². The van der Waals surface area contributed by atoms with Gasteiger partial charge in [0, 0.05) is 11.8 Å². The van der Waals surface area contributed by atoms with Crippen LogP contribution in [0, 0.1) is 6.92 Å². The van der Waals surface area contributed by atoms with Crippen molar-refractivity contribution in [2.75, 3.05) is 5.32 Å². The highest BCUT2D eigenvalue weighted by Gasteiger charge is 2.15. The second-order valence-corrected chi connectivity index (χ2v) is 7.46. The summed E-state index contributed by atoms with van der Waals surface area (Å²) in [6.07, 6.45) is 0.129. The molecule has 0 radical (unpaired) electrons. The van der Waals surface area contributed by atoms with Crippen LogP contribution in [0.15, 0.2) is 78.9 Å². The van der Waals surface area contributed by atoms with Crippen LogP contribution >= 0.6 is 12.2 Å². The lowest BCUT2D eigenvalue weighted by Gasteiger charge is -2.22. The highest BCUT2D eigenvalue weighted by Crippen LogP contribution is 2.24. The van der Waals surface area contributed by atoms with E-state index in [2.05, 4.69) is 54.0 Å². The van der Waals surface area contributed by atoms with Crippen molar-refractivity contribution in [3.63, 3.8) is 0 Å². The maximum atomic E-state index is 5.77. The van der Waals surface area contributed by atoms with Crippen LogP contribution in [-0.4, -0.2) is 11.2 Å². The minimum atomic E-state index is -0.0313. The average Bonchev–Trinajstić information content (AvgIpc) is 2.66. The quantitative estimate of drug-likeness (QED) is 0.517. The lowest BCUT2D eigenvalue weighted by molar-refractivity contribution is 0.242. The van der Waals surface area contributed by atoms with Gasteiger partial charge in [0.05, 0.1) is 12.1 Å². The molecule has 0 aromatic heterocycles. The predicted octanol–water partition coefficient (Wildman–Crippen LogP) is 5.86. The highest BCUT2D eigenvalue weighted by atomic mass is 32.1. The molecule has 0 bridgehead atoms. The Morgan fingerprint density at radius 1 is 0.857 bits per heavy atom. The minimum Gasteiger partial charge on any atom is -0.491 e. The van der Waals surface area contributed by atoms with E-state index >= 15 is 0 Å². The zero-order valence-electron chi connectivity index (χ0n) is 16.5. The molecule has 0 amide bonds. The molecule has 144 valence electrons. The molecule has 0 fully saturated rings. The van der Waals surface area contributed by atoms with E-state index in [-0.39, 0.29) is 12.1 Å². The Balaban J connectivity index is 1.78. The molecule has 3 aromatic carbocycles. The molecule has 1 atom stereocenters. The molecule has 3 rings (SSSR count). The molecule has 28 heavy (non-hydrogen) atoms. The van der Waals surface area contributed by atoms with E-state index in [1.165, 1.54) is 11.1 Å². The van der Waals surface area contributed by atoms with Crippen LogP contribution in [0.3, 0.4) is 0 Å². The Kier molecular flexibility index (Phi) is 6.66. The summed E-state index contributed by atoms with van der Waals surface area (Å²) in [5.41, 5.74) is 4.45. The van der Waals surface area contributed by atoms with Crippen molar-refractivity contribution in [3.8, 4) is 5.75 Å². The minimum absolute atomic E-state index is 0.0313.